The number of rotatable bonds is 4. The molecule has 1 unspecified atom stereocenters. The number of nitrogens with one attached hydrogen (secondary N) is 2. The van der Waals surface area contributed by atoms with Gasteiger partial charge in [-0.3, -0.25) is 4.79 Å². The molecular formula is C20H19Cl3N2O. The molecule has 1 aromatic heterocycles. The van der Waals surface area contributed by atoms with Crippen LogP contribution in [0.3, 0.4) is 0 Å². The number of aromatic nitrogens is 1. The molecule has 1 aliphatic rings. The molecule has 136 valence electrons. The quantitative estimate of drug-likeness (QED) is 0.574. The smallest absolute Gasteiger partial charge is 0.170 e. The van der Waals surface area contributed by atoms with Crippen molar-refractivity contribution in [2.75, 3.05) is 13.1 Å². The number of H-pyrrole nitrogens is 1. The van der Waals surface area contributed by atoms with Crippen molar-refractivity contribution in [3.8, 4) is 0 Å². The Kier molecular flexibility index (Phi) is 5.64. The first-order valence-electron chi connectivity index (χ1n) is 8.34. The Morgan fingerprint density at radius 1 is 1.08 bits per heavy atom. The van der Waals surface area contributed by atoms with Crippen molar-refractivity contribution in [1.29, 1.82) is 0 Å². The van der Waals surface area contributed by atoms with E-state index in [0.29, 0.717) is 23.0 Å². The van der Waals surface area contributed by atoms with Crippen LogP contribution in [0.4, 0.5) is 0 Å². The van der Waals surface area contributed by atoms with Crippen LogP contribution in [0.15, 0.2) is 48.7 Å². The number of halogens is 3. The number of aromatic amines is 1. The molecule has 0 aliphatic carbocycles. The molecule has 4 rings (SSSR count). The number of hydrogen-bond donors (Lipinski definition) is 2. The van der Waals surface area contributed by atoms with Crippen LogP contribution in [-0.2, 0) is 6.42 Å². The second kappa shape index (κ2) is 7.61. The van der Waals surface area contributed by atoms with Crippen LogP contribution in [0.5, 0.6) is 0 Å². The Morgan fingerprint density at radius 3 is 2.65 bits per heavy atom. The van der Waals surface area contributed by atoms with Crippen molar-refractivity contribution in [2.45, 2.75) is 12.8 Å². The first-order chi connectivity index (χ1) is 12.1. The highest BCUT2D eigenvalue weighted by Gasteiger charge is 2.41. The van der Waals surface area contributed by atoms with Gasteiger partial charge in [0.2, 0.25) is 0 Å². The predicted octanol–water partition coefficient (Wildman–Crippen LogP) is 5.30. The molecule has 1 atom stereocenters. The highest BCUT2D eigenvalue weighted by molar-refractivity contribution is 6.42. The van der Waals surface area contributed by atoms with E-state index in [0.717, 1.165) is 35.0 Å². The van der Waals surface area contributed by atoms with Gasteiger partial charge in [-0.25, -0.2) is 0 Å². The van der Waals surface area contributed by atoms with Gasteiger partial charge in [0.25, 0.3) is 0 Å². The van der Waals surface area contributed by atoms with Gasteiger partial charge >= 0.3 is 0 Å². The lowest BCUT2D eigenvalue weighted by Crippen LogP contribution is -2.36. The van der Waals surface area contributed by atoms with Crippen LogP contribution in [0, 0.1) is 5.41 Å². The van der Waals surface area contributed by atoms with Crippen molar-refractivity contribution in [3.05, 3.63) is 69.8 Å². The molecule has 3 nitrogen and oxygen atoms in total. The molecule has 0 saturated carbocycles. The van der Waals surface area contributed by atoms with Crippen molar-refractivity contribution in [1.82, 2.24) is 10.3 Å². The molecule has 1 fully saturated rings. The summed E-state index contributed by atoms with van der Waals surface area (Å²) < 4.78 is 0. The molecule has 1 aliphatic heterocycles. The molecule has 0 amide bonds. The Bertz CT molecular complexity index is 945. The van der Waals surface area contributed by atoms with Crippen molar-refractivity contribution < 1.29 is 4.79 Å². The van der Waals surface area contributed by atoms with Crippen LogP contribution < -0.4 is 5.32 Å². The molecule has 0 bridgehead atoms. The molecule has 1 saturated heterocycles. The lowest BCUT2D eigenvalue weighted by molar-refractivity contribution is 0.0816. The number of Topliss-reactive ketones (excluding diaryl/α,β-unsaturated/α-hetero) is 1. The summed E-state index contributed by atoms with van der Waals surface area (Å²) in [4.78, 5) is 16.5. The standard InChI is InChI=1S/C20H18Cl2N2O.ClH/c21-16-3-1-13(9-17(16)22)11-20(6-8-23-12-20)19(25)15-2-4-18-14(10-15)5-7-24-18;/h1-5,7,9-10,23-24H,6,8,11-12H2;1H. The lowest BCUT2D eigenvalue weighted by Gasteiger charge is -2.27. The van der Waals surface area contributed by atoms with E-state index in [1.165, 1.54) is 0 Å². The Balaban J connectivity index is 0.00000196. The third-order valence-corrected chi connectivity index (χ3v) is 5.81. The summed E-state index contributed by atoms with van der Waals surface area (Å²) in [5, 5.41) is 5.48. The third-order valence-electron chi connectivity index (χ3n) is 5.07. The summed E-state index contributed by atoms with van der Waals surface area (Å²) in [6.07, 6.45) is 3.36. The Morgan fingerprint density at radius 2 is 1.92 bits per heavy atom. The SMILES string of the molecule is Cl.O=C(c1ccc2[nH]ccc2c1)C1(Cc2ccc(Cl)c(Cl)c2)CCNC1. The fourth-order valence-corrected chi connectivity index (χ4v) is 4.03. The largest absolute Gasteiger partial charge is 0.361 e. The van der Waals surface area contributed by atoms with Crippen molar-refractivity contribution in [3.63, 3.8) is 0 Å². The summed E-state index contributed by atoms with van der Waals surface area (Å²) in [6.45, 7) is 1.52. The minimum Gasteiger partial charge on any atom is -0.361 e. The normalized spacial score (nSPS) is 19.5. The maximum atomic E-state index is 13.4. The van der Waals surface area contributed by atoms with E-state index in [2.05, 4.69) is 10.3 Å². The van der Waals surface area contributed by atoms with Gasteiger partial charge in [-0.2, -0.15) is 0 Å². The van der Waals surface area contributed by atoms with Crippen LogP contribution in [0.1, 0.15) is 22.3 Å². The van der Waals surface area contributed by atoms with E-state index in [4.69, 9.17) is 23.2 Å². The minimum absolute atomic E-state index is 0. The van der Waals surface area contributed by atoms with E-state index in [1.54, 1.807) is 6.07 Å². The fraction of sp³-hybridized carbons (Fsp3) is 0.250. The summed E-state index contributed by atoms with van der Waals surface area (Å²) in [7, 11) is 0. The van der Waals surface area contributed by atoms with Gasteiger partial charge in [0.1, 0.15) is 0 Å². The monoisotopic (exact) mass is 408 g/mol. The zero-order valence-electron chi connectivity index (χ0n) is 14.0. The van der Waals surface area contributed by atoms with E-state index < -0.39 is 5.41 Å². The number of benzene rings is 2. The second-order valence-electron chi connectivity index (χ2n) is 6.74. The van der Waals surface area contributed by atoms with Crippen molar-refractivity contribution in [2.24, 2.45) is 5.41 Å². The molecular weight excluding hydrogens is 391 g/mol. The highest BCUT2D eigenvalue weighted by Crippen LogP contribution is 2.36. The topological polar surface area (TPSA) is 44.9 Å². The molecule has 0 radical (unpaired) electrons. The molecule has 2 N–H and O–H groups in total. The highest BCUT2D eigenvalue weighted by atomic mass is 35.5. The number of fused-ring (bicyclic) bond motifs is 1. The van der Waals surface area contributed by atoms with Gasteiger partial charge < -0.3 is 10.3 Å². The molecule has 3 aromatic rings. The zero-order valence-corrected chi connectivity index (χ0v) is 16.3. The Labute approximate surface area is 168 Å². The van der Waals surface area contributed by atoms with E-state index in [1.807, 2.05) is 42.6 Å². The zero-order chi connectivity index (χ0) is 17.4. The molecule has 26 heavy (non-hydrogen) atoms. The number of carbonyl (C=O) groups is 1. The first kappa shape index (κ1) is 19.2. The summed E-state index contributed by atoms with van der Waals surface area (Å²) in [5.74, 6) is 0.187. The maximum Gasteiger partial charge on any atom is 0.170 e. The molecule has 6 heteroatoms. The number of ketones is 1. The fourth-order valence-electron chi connectivity index (χ4n) is 3.71. The van der Waals surface area contributed by atoms with Crippen LogP contribution in [0.25, 0.3) is 10.9 Å². The second-order valence-corrected chi connectivity index (χ2v) is 7.56. The van der Waals surface area contributed by atoms with Gasteiger partial charge in [0.15, 0.2) is 5.78 Å². The summed E-state index contributed by atoms with van der Waals surface area (Å²) >= 11 is 12.2. The minimum atomic E-state index is -0.443. The maximum absolute atomic E-state index is 13.4. The van der Waals surface area contributed by atoms with Crippen LogP contribution >= 0.6 is 35.6 Å². The van der Waals surface area contributed by atoms with Gasteiger partial charge in [0.05, 0.1) is 15.5 Å². The van der Waals surface area contributed by atoms with Crippen LogP contribution in [-0.4, -0.2) is 23.9 Å². The average molecular weight is 410 g/mol. The molecule has 0 spiro atoms. The van der Waals surface area contributed by atoms with E-state index in [9.17, 15) is 4.79 Å². The van der Waals surface area contributed by atoms with Gasteiger partial charge in [-0.1, -0.05) is 29.3 Å². The number of carbonyl (C=O) groups excluding carboxylic acids is 1. The molecule has 2 aromatic carbocycles. The first-order valence-corrected chi connectivity index (χ1v) is 9.10. The van der Waals surface area contributed by atoms with Crippen molar-refractivity contribution >= 4 is 52.3 Å². The summed E-state index contributed by atoms with van der Waals surface area (Å²) in [6, 6.07) is 13.5. The average Bonchev–Trinajstić information content (AvgIpc) is 3.26. The third kappa shape index (κ3) is 3.49. The predicted molar refractivity (Wildman–Crippen MR) is 110 cm³/mol. The number of hydrogen-bond acceptors (Lipinski definition) is 2. The van der Waals surface area contributed by atoms with E-state index >= 15 is 0 Å². The van der Waals surface area contributed by atoms with Gasteiger partial charge in [-0.15, -0.1) is 12.4 Å². The van der Waals surface area contributed by atoms with Gasteiger partial charge in [-0.05, 0) is 61.3 Å². The van der Waals surface area contributed by atoms with Gasteiger partial charge in [0, 0.05) is 29.2 Å². The Hall–Kier alpha value is -1.52. The summed E-state index contributed by atoms with van der Waals surface area (Å²) in [5.41, 5.74) is 2.39. The van der Waals surface area contributed by atoms with Crippen LogP contribution in [0.2, 0.25) is 10.0 Å². The lowest BCUT2D eigenvalue weighted by atomic mass is 9.74. The molecule has 2 heterocycles. The van der Waals surface area contributed by atoms with E-state index in [-0.39, 0.29) is 18.2 Å².